The fourth-order valence-corrected chi connectivity index (χ4v) is 6.10. The highest BCUT2D eigenvalue weighted by Crippen LogP contribution is 2.36. The second-order valence-electron chi connectivity index (χ2n) is 11.1. The van der Waals surface area contributed by atoms with Gasteiger partial charge < -0.3 is 15.1 Å². The predicted molar refractivity (Wildman–Crippen MR) is 150 cm³/mol. The lowest BCUT2D eigenvalue weighted by Crippen LogP contribution is -2.48. The van der Waals surface area contributed by atoms with Crippen molar-refractivity contribution in [3.8, 4) is 11.1 Å². The molecule has 8 nitrogen and oxygen atoms in total. The number of benzene rings is 2. The van der Waals surface area contributed by atoms with Gasteiger partial charge in [-0.2, -0.15) is 5.10 Å². The summed E-state index contributed by atoms with van der Waals surface area (Å²) in [4.78, 5) is 26.5. The number of piperidine rings is 1. The molecule has 8 heteroatoms. The number of carbonyl (C=O) groups is 1. The molecule has 0 bridgehead atoms. The molecule has 0 radical (unpaired) electrons. The highest BCUT2D eigenvalue weighted by atomic mass is 16.2. The average Bonchev–Trinajstić information content (AvgIpc) is 3.65. The molecule has 4 aromatic rings. The number of rotatable bonds is 6. The van der Waals surface area contributed by atoms with E-state index in [1.165, 1.54) is 30.0 Å². The molecule has 194 valence electrons. The summed E-state index contributed by atoms with van der Waals surface area (Å²) in [5.41, 5.74) is 5.49. The number of fused-ring (bicyclic) bond motifs is 2. The molecular weight excluding hydrogens is 474 g/mol. The summed E-state index contributed by atoms with van der Waals surface area (Å²) in [6, 6.07) is 11.9. The summed E-state index contributed by atoms with van der Waals surface area (Å²) in [6.07, 6.45) is 8.24. The molecule has 1 saturated carbocycles. The number of likely N-dealkylation sites (tertiary alicyclic amines) is 2. The van der Waals surface area contributed by atoms with Gasteiger partial charge in [0, 0.05) is 49.0 Å². The number of hydrogen-bond acceptors (Lipinski definition) is 6. The molecule has 2 aromatic carbocycles. The summed E-state index contributed by atoms with van der Waals surface area (Å²) in [5, 5.41) is 13.4. The molecule has 3 fully saturated rings. The minimum absolute atomic E-state index is 0.0313. The predicted octanol–water partition coefficient (Wildman–Crippen LogP) is 4.63. The van der Waals surface area contributed by atoms with Crippen molar-refractivity contribution in [3.05, 3.63) is 60.6 Å². The van der Waals surface area contributed by atoms with Gasteiger partial charge in [0.1, 0.15) is 11.6 Å². The minimum atomic E-state index is -0.0313. The molecule has 4 heterocycles. The van der Waals surface area contributed by atoms with Crippen LogP contribution in [0.1, 0.15) is 43.0 Å². The number of aromatic amines is 1. The molecule has 0 unspecified atom stereocenters. The Bertz CT molecular complexity index is 1540. The molecule has 2 aromatic heterocycles. The standard InChI is InChI=1S/C30H33N7O/c1-3-27(38)37-16-20(17-37)29-33-25-9-5-19(28-18(2)4-8-26-24(28)15-31-35-26)14-23(25)30(34-29)32-21-10-12-36(13-11-21)22-6-7-22/h3-5,8-9,14-15,20-22H,1,6-7,10-13,16-17H2,2H3,(H,31,35)(H,32,33,34). The van der Waals surface area contributed by atoms with Crippen molar-refractivity contribution in [1.82, 2.24) is 30.0 Å². The highest BCUT2D eigenvalue weighted by molar-refractivity contribution is 6.00. The van der Waals surface area contributed by atoms with E-state index in [1.807, 2.05) is 6.20 Å². The second kappa shape index (κ2) is 9.20. The van der Waals surface area contributed by atoms with E-state index in [1.54, 1.807) is 4.90 Å². The van der Waals surface area contributed by atoms with Crippen LogP contribution >= 0.6 is 0 Å². The van der Waals surface area contributed by atoms with Crippen LogP contribution in [0.2, 0.25) is 0 Å². The number of nitrogens with zero attached hydrogens (tertiary/aromatic N) is 5. The van der Waals surface area contributed by atoms with Crippen LogP contribution in [0.3, 0.4) is 0 Å². The number of aryl methyl sites for hydroxylation is 1. The third-order valence-electron chi connectivity index (χ3n) is 8.50. The lowest BCUT2D eigenvalue weighted by molar-refractivity contribution is -0.130. The Morgan fingerprint density at radius 1 is 1.08 bits per heavy atom. The molecule has 1 amide bonds. The van der Waals surface area contributed by atoms with Crippen LogP contribution in [0.25, 0.3) is 32.9 Å². The van der Waals surface area contributed by atoms with E-state index in [9.17, 15) is 4.79 Å². The Morgan fingerprint density at radius 3 is 2.66 bits per heavy atom. The minimum Gasteiger partial charge on any atom is -0.367 e. The number of aromatic nitrogens is 4. The van der Waals surface area contributed by atoms with E-state index in [2.05, 4.69) is 64.2 Å². The van der Waals surface area contributed by atoms with Crippen LogP contribution in [0.4, 0.5) is 5.82 Å². The van der Waals surface area contributed by atoms with Crippen LogP contribution in [-0.2, 0) is 4.79 Å². The van der Waals surface area contributed by atoms with Crippen molar-refractivity contribution in [2.24, 2.45) is 0 Å². The summed E-state index contributed by atoms with van der Waals surface area (Å²) in [7, 11) is 0. The van der Waals surface area contributed by atoms with Gasteiger partial charge in [-0.1, -0.05) is 18.7 Å². The van der Waals surface area contributed by atoms with Crippen molar-refractivity contribution < 1.29 is 4.79 Å². The first-order valence-electron chi connectivity index (χ1n) is 13.7. The Hall–Kier alpha value is -3.78. The molecule has 0 spiro atoms. The van der Waals surface area contributed by atoms with Crippen molar-refractivity contribution >= 4 is 33.5 Å². The monoisotopic (exact) mass is 507 g/mol. The fraction of sp³-hybridized carbons (Fsp3) is 0.400. The summed E-state index contributed by atoms with van der Waals surface area (Å²) in [5.74, 6) is 1.82. The van der Waals surface area contributed by atoms with Crippen LogP contribution < -0.4 is 5.32 Å². The number of H-pyrrole nitrogens is 1. The molecule has 38 heavy (non-hydrogen) atoms. The Kier molecular flexibility index (Phi) is 5.65. The quantitative estimate of drug-likeness (QED) is 0.370. The Labute approximate surface area is 222 Å². The van der Waals surface area contributed by atoms with Crippen LogP contribution in [0.5, 0.6) is 0 Å². The first-order chi connectivity index (χ1) is 18.6. The average molecular weight is 508 g/mol. The van der Waals surface area contributed by atoms with Crippen LogP contribution in [-0.4, -0.2) is 74.1 Å². The van der Waals surface area contributed by atoms with Gasteiger partial charge in [-0.25, -0.2) is 9.97 Å². The zero-order chi connectivity index (χ0) is 25.8. The van der Waals surface area contributed by atoms with Crippen molar-refractivity contribution in [1.29, 1.82) is 0 Å². The largest absolute Gasteiger partial charge is 0.367 e. The second-order valence-corrected chi connectivity index (χ2v) is 11.1. The van der Waals surface area contributed by atoms with Crippen molar-refractivity contribution in [2.45, 2.75) is 50.6 Å². The van der Waals surface area contributed by atoms with Gasteiger partial charge in [-0.15, -0.1) is 0 Å². The number of carbonyl (C=O) groups excluding carboxylic acids is 1. The van der Waals surface area contributed by atoms with E-state index in [4.69, 9.17) is 9.97 Å². The maximum absolute atomic E-state index is 12.0. The lowest BCUT2D eigenvalue weighted by Gasteiger charge is -2.38. The normalized spacial score (nSPS) is 19.1. The molecule has 2 saturated heterocycles. The number of hydrogen-bond donors (Lipinski definition) is 2. The molecule has 0 atom stereocenters. The smallest absolute Gasteiger partial charge is 0.246 e. The third kappa shape index (κ3) is 4.13. The summed E-state index contributed by atoms with van der Waals surface area (Å²) >= 11 is 0. The van der Waals surface area contributed by atoms with Gasteiger partial charge in [-0.05, 0) is 73.6 Å². The zero-order valence-electron chi connectivity index (χ0n) is 21.8. The third-order valence-corrected chi connectivity index (χ3v) is 8.50. The lowest BCUT2D eigenvalue weighted by atomic mass is 9.95. The van der Waals surface area contributed by atoms with E-state index in [-0.39, 0.29) is 11.8 Å². The van der Waals surface area contributed by atoms with Gasteiger partial charge >= 0.3 is 0 Å². The Balaban J connectivity index is 1.25. The maximum atomic E-state index is 12.0. The molecular formula is C30H33N7O. The van der Waals surface area contributed by atoms with Crippen molar-refractivity contribution in [3.63, 3.8) is 0 Å². The topological polar surface area (TPSA) is 90.0 Å². The fourth-order valence-electron chi connectivity index (χ4n) is 6.10. The van der Waals surface area contributed by atoms with E-state index < -0.39 is 0 Å². The number of nitrogens with one attached hydrogen (secondary N) is 2. The summed E-state index contributed by atoms with van der Waals surface area (Å²) < 4.78 is 0. The summed E-state index contributed by atoms with van der Waals surface area (Å²) in [6.45, 7) is 9.32. The van der Waals surface area contributed by atoms with E-state index >= 15 is 0 Å². The van der Waals surface area contributed by atoms with E-state index in [0.29, 0.717) is 19.1 Å². The van der Waals surface area contributed by atoms with Crippen LogP contribution in [0.15, 0.2) is 49.2 Å². The maximum Gasteiger partial charge on any atom is 0.246 e. The zero-order valence-corrected chi connectivity index (χ0v) is 21.8. The first kappa shape index (κ1) is 23.3. The molecule has 7 rings (SSSR count). The Morgan fingerprint density at radius 2 is 1.89 bits per heavy atom. The highest BCUT2D eigenvalue weighted by Gasteiger charge is 2.34. The van der Waals surface area contributed by atoms with Gasteiger partial charge in [0.2, 0.25) is 5.91 Å². The van der Waals surface area contributed by atoms with Gasteiger partial charge in [0.25, 0.3) is 0 Å². The van der Waals surface area contributed by atoms with E-state index in [0.717, 1.165) is 71.0 Å². The van der Waals surface area contributed by atoms with Crippen molar-refractivity contribution in [2.75, 3.05) is 31.5 Å². The first-order valence-corrected chi connectivity index (χ1v) is 13.7. The molecule has 1 aliphatic carbocycles. The van der Waals surface area contributed by atoms with Gasteiger partial charge in [0.15, 0.2) is 0 Å². The molecule has 2 N–H and O–H groups in total. The molecule has 3 aliphatic rings. The van der Waals surface area contributed by atoms with Gasteiger partial charge in [-0.3, -0.25) is 9.89 Å². The number of anilines is 1. The molecule has 2 aliphatic heterocycles. The SMILES string of the molecule is C=CC(=O)N1CC(c2nc(NC3CCN(C4CC4)CC3)c3cc(-c4c(C)ccc5[nH]ncc45)ccc3n2)C1. The van der Waals surface area contributed by atoms with Gasteiger partial charge in [0.05, 0.1) is 23.1 Å². The number of amides is 1. The van der Waals surface area contributed by atoms with Crippen LogP contribution in [0, 0.1) is 6.92 Å².